The average molecular weight is 407 g/mol. The first-order chi connectivity index (χ1) is 13.3. The molecule has 0 atom stereocenters. The number of esters is 1. The molecule has 2 aromatic rings. The van der Waals surface area contributed by atoms with Gasteiger partial charge in [-0.1, -0.05) is 23.7 Å². The minimum atomic E-state index is -0.699. The van der Waals surface area contributed by atoms with Gasteiger partial charge in [0.05, 0.1) is 11.5 Å². The summed E-state index contributed by atoms with van der Waals surface area (Å²) >= 11 is 5.79. The van der Waals surface area contributed by atoms with Crippen LogP contribution >= 0.6 is 11.6 Å². The van der Waals surface area contributed by atoms with Gasteiger partial charge in [-0.25, -0.2) is 0 Å². The zero-order chi connectivity index (χ0) is 20.5. The van der Waals surface area contributed by atoms with E-state index in [0.717, 1.165) is 11.3 Å². The Morgan fingerprint density at radius 2 is 2.00 bits per heavy atom. The summed E-state index contributed by atoms with van der Waals surface area (Å²) < 4.78 is 10.4. The maximum atomic E-state index is 11.9. The molecule has 2 rings (SSSR count). The summed E-state index contributed by atoms with van der Waals surface area (Å²) in [6, 6.07) is 11.3. The van der Waals surface area contributed by atoms with Crippen LogP contribution < -0.4 is 10.1 Å². The van der Waals surface area contributed by atoms with Gasteiger partial charge >= 0.3 is 5.97 Å². The van der Waals surface area contributed by atoms with Gasteiger partial charge in [0.15, 0.2) is 6.61 Å². The van der Waals surface area contributed by atoms with Gasteiger partial charge in [-0.15, -0.1) is 0 Å². The topological polar surface area (TPSA) is 108 Å². The third-order valence-electron chi connectivity index (χ3n) is 3.58. The third kappa shape index (κ3) is 6.88. The third-order valence-corrected chi connectivity index (χ3v) is 3.81. The summed E-state index contributed by atoms with van der Waals surface area (Å²) in [5.74, 6) is -0.547. The van der Waals surface area contributed by atoms with E-state index in [1.165, 1.54) is 18.2 Å². The Bertz CT molecular complexity index is 871. The van der Waals surface area contributed by atoms with Crippen molar-refractivity contribution in [2.75, 3.05) is 18.5 Å². The predicted octanol–water partition coefficient (Wildman–Crippen LogP) is 3.90. The second kappa shape index (κ2) is 10.3. The quantitative estimate of drug-likeness (QED) is 0.293. The molecule has 0 spiro atoms. The highest BCUT2D eigenvalue weighted by Gasteiger charge is 2.17. The van der Waals surface area contributed by atoms with Gasteiger partial charge in [0.2, 0.25) is 0 Å². The SMILES string of the molecule is Cc1cccc(OCCCC(=O)OCC(=O)Nc2cc(Cl)ccc2[N+](=O)[O-])c1. The number of amides is 1. The Balaban J connectivity index is 1.72. The molecule has 28 heavy (non-hydrogen) atoms. The van der Waals surface area contributed by atoms with Crippen molar-refractivity contribution in [1.82, 2.24) is 0 Å². The van der Waals surface area contributed by atoms with E-state index < -0.39 is 23.4 Å². The van der Waals surface area contributed by atoms with Crippen molar-refractivity contribution in [3.63, 3.8) is 0 Å². The zero-order valence-corrected chi connectivity index (χ0v) is 15.9. The van der Waals surface area contributed by atoms with Crippen molar-refractivity contribution >= 4 is 34.9 Å². The van der Waals surface area contributed by atoms with E-state index in [1.54, 1.807) is 0 Å². The van der Waals surface area contributed by atoms with Crippen molar-refractivity contribution in [2.45, 2.75) is 19.8 Å². The number of nitrogens with zero attached hydrogens (tertiary/aromatic N) is 1. The molecule has 1 N–H and O–H groups in total. The van der Waals surface area contributed by atoms with Crippen LogP contribution in [0, 0.1) is 17.0 Å². The largest absolute Gasteiger partial charge is 0.494 e. The van der Waals surface area contributed by atoms with E-state index in [4.69, 9.17) is 21.1 Å². The Hall–Kier alpha value is -3.13. The van der Waals surface area contributed by atoms with Gasteiger partial charge in [-0.05, 0) is 43.2 Å². The van der Waals surface area contributed by atoms with E-state index in [-0.39, 0.29) is 22.8 Å². The van der Waals surface area contributed by atoms with Crippen LogP contribution in [0.2, 0.25) is 5.02 Å². The molecule has 0 aliphatic heterocycles. The van der Waals surface area contributed by atoms with Crippen LogP contribution in [0.25, 0.3) is 0 Å². The second-order valence-electron chi connectivity index (χ2n) is 5.90. The minimum absolute atomic E-state index is 0.0647. The minimum Gasteiger partial charge on any atom is -0.494 e. The molecule has 9 heteroatoms. The normalized spacial score (nSPS) is 10.2. The standard InChI is InChI=1S/C19H19ClN2O6/c1-13-4-2-5-15(10-13)27-9-3-6-19(24)28-12-18(23)21-16-11-14(20)7-8-17(16)22(25)26/h2,4-5,7-8,10-11H,3,6,9,12H2,1H3,(H,21,23). The molecule has 0 heterocycles. The van der Waals surface area contributed by atoms with Crippen molar-refractivity contribution in [1.29, 1.82) is 0 Å². The van der Waals surface area contributed by atoms with E-state index >= 15 is 0 Å². The van der Waals surface area contributed by atoms with E-state index in [0.29, 0.717) is 13.0 Å². The monoisotopic (exact) mass is 406 g/mol. The van der Waals surface area contributed by atoms with Crippen LogP contribution in [0.3, 0.4) is 0 Å². The number of aryl methyl sites for hydroxylation is 1. The van der Waals surface area contributed by atoms with E-state index in [1.807, 2.05) is 31.2 Å². The fourth-order valence-electron chi connectivity index (χ4n) is 2.28. The number of anilines is 1. The van der Waals surface area contributed by atoms with Crippen LogP contribution in [0.5, 0.6) is 5.75 Å². The van der Waals surface area contributed by atoms with E-state index in [9.17, 15) is 19.7 Å². The van der Waals surface area contributed by atoms with Crippen LogP contribution in [-0.4, -0.2) is 30.0 Å². The maximum absolute atomic E-state index is 11.9. The molecular formula is C19H19ClN2O6. The fourth-order valence-corrected chi connectivity index (χ4v) is 2.46. The average Bonchev–Trinajstić information content (AvgIpc) is 2.63. The summed E-state index contributed by atoms with van der Waals surface area (Å²) in [7, 11) is 0. The van der Waals surface area contributed by atoms with E-state index in [2.05, 4.69) is 5.32 Å². The highest BCUT2D eigenvalue weighted by atomic mass is 35.5. The Labute approximate surface area is 166 Å². The number of ether oxygens (including phenoxy) is 2. The summed E-state index contributed by atoms with van der Waals surface area (Å²) in [5, 5.41) is 13.5. The number of halogens is 1. The number of nitrogens with one attached hydrogen (secondary N) is 1. The molecular weight excluding hydrogens is 388 g/mol. The molecule has 8 nitrogen and oxygen atoms in total. The summed E-state index contributed by atoms with van der Waals surface area (Å²) in [6.07, 6.45) is 0.505. The Morgan fingerprint density at radius 1 is 1.21 bits per heavy atom. The Morgan fingerprint density at radius 3 is 2.71 bits per heavy atom. The van der Waals surface area contributed by atoms with Gasteiger partial charge < -0.3 is 14.8 Å². The molecule has 148 valence electrons. The van der Waals surface area contributed by atoms with Crippen molar-refractivity contribution < 1.29 is 24.0 Å². The first kappa shape index (κ1) is 21.2. The second-order valence-corrected chi connectivity index (χ2v) is 6.33. The van der Waals surface area contributed by atoms with Gasteiger partial charge in [0.1, 0.15) is 11.4 Å². The summed E-state index contributed by atoms with van der Waals surface area (Å²) in [4.78, 5) is 33.9. The zero-order valence-electron chi connectivity index (χ0n) is 15.1. The molecule has 0 aromatic heterocycles. The lowest BCUT2D eigenvalue weighted by Crippen LogP contribution is -2.21. The molecule has 0 saturated heterocycles. The summed E-state index contributed by atoms with van der Waals surface area (Å²) in [5.41, 5.74) is 0.699. The lowest BCUT2D eigenvalue weighted by atomic mass is 10.2. The first-order valence-corrected chi connectivity index (χ1v) is 8.82. The highest BCUT2D eigenvalue weighted by Crippen LogP contribution is 2.27. The number of nitro groups is 1. The van der Waals surface area contributed by atoms with Crippen molar-refractivity contribution in [2.24, 2.45) is 0 Å². The van der Waals surface area contributed by atoms with Crippen LogP contribution in [0.1, 0.15) is 18.4 Å². The lowest BCUT2D eigenvalue weighted by molar-refractivity contribution is -0.383. The number of hydrogen-bond acceptors (Lipinski definition) is 6. The van der Waals surface area contributed by atoms with Crippen molar-refractivity contribution in [3.05, 3.63) is 63.2 Å². The number of nitro benzene ring substituents is 1. The van der Waals surface area contributed by atoms with Crippen LogP contribution in [0.15, 0.2) is 42.5 Å². The number of benzene rings is 2. The molecule has 0 saturated carbocycles. The molecule has 0 fully saturated rings. The molecule has 0 radical (unpaired) electrons. The molecule has 0 bridgehead atoms. The van der Waals surface area contributed by atoms with Gasteiger partial charge in [0.25, 0.3) is 11.6 Å². The maximum Gasteiger partial charge on any atom is 0.306 e. The van der Waals surface area contributed by atoms with Gasteiger partial charge in [0, 0.05) is 17.5 Å². The predicted molar refractivity (Wildman–Crippen MR) is 104 cm³/mol. The number of carbonyl (C=O) groups excluding carboxylic acids is 2. The van der Waals surface area contributed by atoms with Gasteiger partial charge in [-0.3, -0.25) is 19.7 Å². The number of hydrogen-bond donors (Lipinski definition) is 1. The van der Waals surface area contributed by atoms with Crippen molar-refractivity contribution in [3.8, 4) is 5.75 Å². The van der Waals surface area contributed by atoms with Crippen LogP contribution in [-0.2, 0) is 14.3 Å². The van der Waals surface area contributed by atoms with Crippen LogP contribution in [0.4, 0.5) is 11.4 Å². The highest BCUT2D eigenvalue weighted by molar-refractivity contribution is 6.31. The molecule has 0 aliphatic carbocycles. The van der Waals surface area contributed by atoms with Gasteiger partial charge in [-0.2, -0.15) is 0 Å². The first-order valence-electron chi connectivity index (χ1n) is 8.44. The fraction of sp³-hybridized carbons (Fsp3) is 0.263. The number of carbonyl (C=O) groups is 2. The number of rotatable bonds is 9. The summed E-state index contributed by atoms with van der Waals surface area (Å²) in [6.45, 7) is 1.73. The molecule has 0 aliphatic rings. The molecule has 0 unspecified atom stereocenters. The smallest absolute Gasteiger partial charge is 0.306 e. The lowest BCUT2D eigenvalue weighted by Gasteiger charge is -2.08. The molecule has 2 aromatic carbocycles. The Kier molecular flexibility index (Phi) is 7.76. The molecule has 1 amide bonds.